The van der Waals surface area contributed by atoms with Crippen molar-refractivity contribution >= 4 is 35.4 Å². The van der Waals surface area contributed by atoms with Crippen LogP contribution >= 0.6 is 23.5 Å². The molecule has 3 fully saturated rings. The van der Waals surface area contributed by atoms with Crippen molar-refractivity contribution in [2.75, 3.05) is 18.8 Å². The van der Waals surface area contributed by atoms with Gasteiger partial charge in [0.1, 0.15) is 5.03 Å². The average molecular weight is 369 g/mol. The highest BCUT2D eigenvalue weighted by atomic mass is 32.2. The van der Waals surface area contributed by atoms with Crippen molar-refractivity contribution < 1.29 is 19.1 Å². The first kappa shape index (κ1) is 16.3. The molecule has 0 spiro atoms. The number of rotatable bonds is 4. The normalized spacial score (nSPS) is 37.8. The highest BCUT2D eigenvalue weighted by molar-refractivity contribution is 7.99. The van der Waals surface area contributed by atoms with E-state index in [-0.39, 0.29) is 5.92 Å². The number of fused-ring (bicyclic) bond motifs is 4. The Balaban J connectivity index is 1.59. The maximum absolute atomic E-state index is 11.7. The largest absolute Gasteiger partial charge is 0.448 e. The van der Waals surface area contributed by atoms with Crippen LogP contribution in [0.3, 0.4) is 0 Å². The van der Waals surface area contributed by atoms with Gasteiger partial charge in [-0.3, -0.25) is 4.90 Å². The summed E-state index contributed by atoms with van der Waals surface area (Å²) < 4.78 is 19.8. The highest BCUT2D eigenvalue weighted by Crippen LogP contribution is 2.48. The van der Waals surface area contributed by atoms with Crippen LogP contribution in [0, 0.1) is 5.92 Å². The van der Waals surface area contributed by atoms with Gasteiger partial charge in [-0.2, -0.15) is 8.75 Å². The average Bonchev–Trinajstić information content (AvgIpc) is 3.14. The Hall–Kier alpha value is -1.19. The first-order chi connectivity index (χ1) is 11.5. The van der Waals surface area contributed by atoms with E-state index >= 15 is 0 Å². The first-order valence-corrected chi connectivity index (χ1v) is 9.88. The van der Waals surface area contributed by atoms with Crippen molar-refractivity contribution in [2.45, 2.75) is 49.5 Å². The monoisotopic (exact) mass is 369 g/mol. The fraction of sp³-hybridized carbons (Fsp3) is 0.733. The molecule has 2 bridgehead atoms. The number of piperidine rings is 1. The van der Waals surface area contributed by atoms with Crippen molar-refractivity contribution in [2.24, 2.45) is 5.92 Å². The van der Waals surface area contributed by atoms with Gasteiger partial charge in [-0.15, -0.1) is 11.8 Å². The second-order valence-corrected chi connectivity index (χ2v) is 8.26. The molecule has 1 aromatic heterocycles. The van der Waals surface area contributed by atoms with E-state index in [4.69, 9.17) is 9.47 Å². The summed E-state index contributed by atoms with van der Waals surface area (Å²) in [5.41, 5.74) is 0.182. The molecule has 24 heavy (non-hydrogen) atoms. The van der Waals surface area contributed by atoms with Crippen LogP contribution in [0.5, 0.6) is 0 Å². The lowest BCUT2D eigenvalue weighted by Gasteiger charge is -2.47. The number of ether oxygens (including phenoxy) is 2. The lowest BCUT2D eigenvalue weighted by Crippen LogP contribution is -2.64. The Kier molecular flexibility index (Phi) is 4.04. The maximum atomic E-state index is 11.7. The third-order valence-electron chi connectivity index (χ3n) is 5.17. The van der Waals surface area contributed by atoms with Gasteiger partial charge in [-0.05, 0) is 31.4 Å². The minimum Gasteiger partial charge on any atom is -0.448 e. The van der Waals surface area contributed by atoms with E-state index in [2.05, 4.69) is 20.6 Å². The van der Waals surface area contributed by atoms with Gasteiger partial charge in [-0.1, -0.05) is 6.92 Å². The number of esters is 2. The van der Waals surface area contributed by atoms with Gasteiger partial charge in [0.25, 0.3) is 0 Å². The van der Waals surface area contributed by atoms with Crippen LogP contribution in [0.25, 0.3) is 0 Å². The zero-order chi connectivity index (χ0) is 16.9. The Labute approximate surface area is 148 Å². The molecule has 0 aliphatic carbocycles. The standard InChI is InChI=1S/C15H19N3O4S2/c1-3-4-23-12-11(16-24-17-12)9-7-18-6-8(9)5-10-15(18,2)22-14(20)13(19)21-10/h8-10H,3-7H2,1-2H3. The summed E-state index contributed by atoms with van der Waals surface area (Å²) in [7, 11) is 0. The summed E-state index contributed by atoms with van der Waals surface area (Å²) in [4.78, 5) is 25.4. The molecule has 4 rings (SSSR count). The topological polar surface area (TPSA) is 81.6 Å². The fourth-order valence-electron chi connectivity index (χ4n) is 3.89. The number of nitrogens with zero attached hydrogens (tertiary/aromatic N) is 3. The minimum absolute atomic E-state index is 0.239. The van der Waals surface area contributed by atoms with Crippen LogP contribution < -0.4 is 0 Å². The van der Waals surface area contributed by atoms with E-state index in [0.29, 0.717) is 12.3 Å². The quantitative estimate of drug-likeness (QED) is 0.450. The van der Waals surface area contributed by atoms with Crippen LogP contribution in [0.15, 0.2) is 5.03 Å². The van der Waals surface area contributed by atoms with Crippen LogP contribution in [0.4, 0.5) is 0 Å². The van der Waals surface area contributed by atoms with Crippen LogP contribution in [0.2, 0.25) is 0 Å². The van der Waals surface area contributed by atoms with E-state index in [0.717, 1.165) is 36.0 Å². The predicted octanol–water partition coefficient (Wildman–Crippen LogP) is 1.64. The summed E-state index contributed by atoms with van der Waals surface area (Å²) >= 11 is 3.00. The van der Waals surface area contributed by atoms with Gasteiger partial charge in [0.2, 0.25) is 5.72 Å². The predicted molar refractivity (Wildman–Crippen MR) is 87.7 cm³/mol. The van der Waals surface area contributed by atoms with Gasteiger partial charge >= 0.3 is 11.9 Å². The van der Waals surface area contributed by atoms with Crippen molar-refractivity contribution in [1.29, 1.82) is 0 Å². The molecule has 4 heterocycles. The van der Waals surface area contributed by atoms with Crippen molar-refractivity contribution in [3.05, 3.63) is 5.69 Å². The Morgan fingerprint density at radius 1 is 1.33 bits per heavy atom. The molecule has 5 atom stereocenters. The second kappa shape index (κ2) is 5.96. The second-order valence-electron chi connectivity index (χ2n) is 6.65. The molecular weight excluding hydrogens is 350 g/mol. The van der Waals surface area contributed by atoms with Gasteiger partial charge in [0.15, 0.2) is 6.10 Å². The Bertz CT molecular complexity index is 681. The molecule has 0 aromatic carbocycles. The lowest BCUT2D eigenvalue weighted by molar-refractivity contribution is -0.248. The third kappa shape index (κ3) is 2.44. The fourth-order valence-corrected chi connectivity index (χ4v) is 5.52. The SMILES string of the molecule is CCCSc1nsnc1C1CN2CC1CC1OC(=O)C(=O)OC12C. The molecule has 9 heteroatoms. The molecule has 1 aromatic rings. The molecule has 0 amide bonds. The molecule has 0 N–H and O–H groups in total. The van der Waals surface area contributed by atoms with E-state index in [1.807, 2.05) is 6.92 Å². The van der Waals surface area contributed by atoms with E-state index in [1.165, 1.54) is 11.7 Å². The molecule has 3 saturated heterocycles. The lowest BCUT2D eigenvalue weighted by atomic mass is 9.85. The summed E-state index contributed by atoms with van der Waals surface area (Å²) in [5, 5.41) is 1.02. The minimum atomic E-state index is -0.898. The molecule has 3 aliphatic heterocycles. The van der Waals surface area contributed by atoms with Crippen LogP contribution in [-0.2, 0) is 19.1 Å². The van der Waals surface area contributed by atoms with Gasteiger partial charge in [-0.25, -0.2) is 9.59 Å². The summed E-state index contributed by atoms with van der Waals surface area (Å²) in [6, 6.07) is 0. The Morgan fingerprint density at radius 2 is 2.17 bits per heavy atom. The highest BCUT2D eigenvalue weighted by Gasteiger charge is 2.60. The summed E-state index contributed by atoms with van der Waals surface area (Å²) in [5.74, 6) is -0.188. The number of carbonyl (C=O) groups is 2. The molecule has 5 unspecified atom stereocenters. The van der Waals surface area contributed by atoms with Gasteiger partial charge < -0.3 is 9.47 Å². The van der Waals surface area contributed by atoms with Crippen LogP contribution in [-0.4, -0.2) is 56.3 Å². The summed E-state index contributed by atoms with van der Waals surface area (Å²) in [6.07, 6.45) is 1.37. The van der Waals surface area contributed by atoms with Crippen LogP contribution in [0.1, 0.15) is 38.3 Å². The summed E-state index contributed by atoms with van der Waals surface area (Å²) in [6.45, 7) is 5.55. The number of hydrogen-bond acceptors (Lipinski definition) is 9. The molecule has 0 radical (unpaired) electrons. The van der Waals surface area contributed by atoms with E-state index in [9.17, 15) is 9.59 Å². The van der Waals surface area contributed by atoms with E-state index in [1.54, 1.807) is 11.8 Å². The molecule has 3 aliphatic rings. The van der Waals surface area contributed by atoms with E-state index < -0.39 is 23.8 Å². The molecule has 130 valence electrons. The van der Waals surface area contributed by atoms with Crippen molar-refractivity contribution in [3.8, 4) is 0 Å². The molecular formula is C15H19N3O4S2. The third-order valence-corrected chi connectivity index (χ3v) is 7.02. The number of aromatic nitrogens is 2. The van der Waals surface area contributed by atoms with Gasteiger partial charge in [0, 0.05) is 19.0 Å². The first-order valence-electron chi connectivity index (χ1n) is 8.17. The van der Waals surface area contributed by atoms with Crippen molar-refractivity contribution in [1.82, 2.24) is 13.6 Å². The zero-order valence-corrected chi connectivity index (χ0v) is 15.2. The molecule has 0 saturated carbocycles. The number of carbonyl (C=O) groups excluding carboxylic acids is 2. The number of hydrogen-bond donors (Lipinski definition) is 0. The van der Waals surface area contributed by atoms with Gasteiger partial charge in [0.05, 0.1) is 17.4 Å². The van der Waals surface area contributed by atoms with Crippen molar-refractivity contribution in [3.63, 3.8) is 0 Å². The zero-order valence-electron chi connectivity index (χ0n) is 13.6. The number of thioether (sulfide) groups is 1. The Morgan fingerprint density at radius 3 is 2.96 bits per heavy atom. The molecule has 7 nitrogen and oxygen atoms in total. The maximum Gasteiger partial charge on any atom is 0.419 e. The smallest absolute Gasteiger partial charge is 0.419 e.